The van der Waals surface area contributed by atoms with E-state index in [1.807, 2.05) is 25.1 Å². The van der Waals surface area contributed by atoms with Gasteiger partial charge < -0.3 is 5.11 Å². The molecule has 17 heavy (non-hydrogen) atoms. The lowest BCUT2D eigenvalue weighted by molar-refractivity contribution is 0.223. The Labute approximate surface area is 131 Å². The van der Waals surface area contributed by atoms with Gasteiger partial charge in [-0.15, -0.1) is 11.3 Å². The van der Waals surface area contributed by atoms with Crippen LogP contribution in [0.5, 0.6) is 0 Å². The van der Waals surface area contributed by atoms with Crippen molar-refractivity contribution in [2.45, 2.75) is 13.0 Å². The molecule has 90 valence electrons. The van der Waals surface area contributed by atoms with Crippen molar-refractivity contribution in [2.24, 2.45) is 0 Å². The molecule has 0 fully saturated rings. The van der Waals surface area contributed by atoms with Crippen LogP contribution >= 0.6 is 61.5 Å². The van der Waals surface area contributed by atoms with Gasteiger partial charge in [0.05, 0.1) is 8.81 Å². The Balaban J connectivity index is 2.43. The normalized spacial score (nSPS) is 12.8. The minimum atomic E-state index is -0.615. The van der Waals surface area contributed by atoms with Crippen LogP contribution in [0.3, 0.4) is 0 Å². The highest BCUT2D eigenvalue weighted by atomic mass is 127. The molecule has 0 aliphatic carbocycles. The van der Waals surface area contributed by atoms with Crippen LogP contribution < -0.4 is 0 Å². The minimum Gasteiger partial charge on any atom is -0.383 e. The average molecular weight is 444 g/mol. The molecule has 1 aromatic heterocycles. The van der Waals surface area contributed by atoms with E-state index in [0.717, 1.165) is 17.8 Å². The highest BCUT2D eigenvalue weighted by Crippen LogP contribution is 2.38. The van der Waals surface area contributed by atoms with Crippen LogP contribution in [-0.2, 0) is 0 Å². The zero-order valence-electron chi connectivity index (χ0n) is 8.88. The molecule has 0 aliphatic heterocycles. The van der Waals surface area contributed by atoms with Gasteiger partial charge in [-0.2, -0.15) is 0 Å². The summed E-state index contributed by atoms with van der Waals surface area (Å²) in [5.74, 6) is 0. The van der Waals surface area contributed by atoms with Crippen LogP contribution in [0.2, 0.25) is 5.02 Å². The average Bonchev–Trinajstić information content (AvgIpc) is 2.62. The number of aliphatic hydroxyl groups is 1. The van der Waals surface area contributed by atoms with Crippen LogP contribution in [0.1, 0.15) is 22.1 Å². The predicted octanol–water partition coefficient (Wildman–Crippen LogP) is 5.16. The number of hydrogen-bond donors (Lipinski definition) is 1. The Morgan fingerprint density at radius 2 is 2.18 bits per heavy atom. The molecular weight excluding hydrogens is 434 g/mol. The quantitative estimate of drug-likeness (QED) is 0.636. The second kappa shape index (κ2) is 5.57. The topological polar surface area (TPSA) is 20.2 Å². The van der Waals surface area contributed by atoms with E-state index in [1.165, 1.54) is 16.9 Å². The number of hydrogen-bond acceptors (Lipinski definition) is 2. The van der Waals surface area contributed by atoms with Crippen molar-refractivity contribution in [3.63, 3.8) is 0 Å². The third-order valence-corrected chi connectivity index (χ3v) is 6.45. The molecule has 0 radical (unpaired) electrons. The van der Waals surface area contributed by atoms with Gasteiger partial charge in [0.25, 0.3) is 0 Å². The fourth-order valence-corrected chi connectivity index (χ4v) is 3.94. The highest BCUT2D eigenvalue weighted by molar-refractivity contribution is 14.1. The maximum atomic E-state index is 10.4. The number of aryl methyl sites for hydroxylation is 1. The van der Waals surface area contributed by atoms with Gasteiger partial charge in [0, 0.05) is 8.45 Å². The van der Waals surface area contributed by atoms with Crippen molar-refractivity contribution < 1.29 is 5.11 Å². The molecule has 0 bridgehead atoms. The van der Waals surface area contributed by atoms with Gasteiger partial charge in [-0.3, -0.25) is 0 Å². The summed E-state index contributed by atoms with van der Waals surface area (Å²) in [7, 11) is 0. The summed E-state index contributed by atoms with van der Waals surface area (Å²) in [6, 6.07) is 7.75. The molecule has 1 nitrogen and oxygen atoms in total. The van der Waals surface area contributed by atoms with Crippen molar-refractivity contribution in [1.82, 2.24) is 0 Å². The first kappa shape index (κ1) is 13.8. The standard InChI is InChI=1S/C12H9BrClIOS/c1-6-3-2-4-7(10(6)15)11(16)9-5-8(14)12(13)17-9/h2-5,11,16H,1H3. The van der Waals surface area contributed by atoms with Crippen LogP contribution in [0.15, 0.2) is 28.1 Å². The summed E-state index contributed by atoms with van der Waals surface area (Å²) in [6.45, 7) is 2.04. The van der Waals surface area contributed by atoms with Gasteiger partial charge >= 0.3 is 0 Å². The van der Waals surface area contributed by atoms with Gasteiger partial charge in [-0.25, -0.2) is 0 Å². The van der Waals surface area contributed by atoms with E-state index in [-0.39, 0.29) is 0 Å². The van der Waals surface area contributed by atoms with Crippen molar-refractivity contribution in [3.8, 4) is 0 Å². The first-order chi connectivity index (χ1) is 8.00. The van der Waals surface area contributed by atoms with E-state index in [0.29, 0.717) is 5.02 Å². The van der Waals surface area contributed by atoms with Gasteiger partial charge in [-0.1, -0.05) is 29.8 Å². The van der Waals surface area contributed by atoms with Crippen LogP contribution in [0, 0.1) is 10.5 Å². The molecule has 5 heteroatoms. The number of benzene rings is 1. The lowest BCUT2D eigenvalue weighted by atomic mass is 10.1. The second-order valence-corrected chi connectivity index (χ2v) is 7.54. The molecule has 0 saturated heterocycles. The fraction of sp³-hybridized carbons (Fsp3) is 0.167. The molecule has 1 aromatic carbocycles. The summed E-state index contributed by atoms with van der Waals surface area (Å²) < 4.78 is 1.95. The van der Waals surface area contributed by atoms with Crippen molar-refractivity contribution in [2.75, 3.05) is 0 Å². The SMILES string of the molecule is Cc1cccc(C(O)c2cc(Cl)c(Br)s2)c1I. The zero-order chi connectivity index (χ0) is 12.6. The van der Waals surface area contributed by atoms with Gasteiger partial charge in [-0.05, 0) is 62.6 Å². The molecule has 1 unspecified atom stereocenters. The lowest BCUT2D eigenvalue weighted by Gasteiger charge is -2.12. The maximum Gasteiger partial charge on any atom is 0.114 e. The molecule has 1 atom stereocenters. The highest BCUT2D eigenvalue weighted by Gasteiger charge is 2.18. The van der Waals surface area contributed by atoms with Crippen molar-refractivity contribution in [3.05, 3.63) is 52.6 Å². The maximum absolute atomic E-state index is 10.4. The summed E-state index contributed by atoms with van der Waals surface area (Å²) in [4.78, 5) is 0.852. The molecule has 0 saturated carbocycles. The van der Waals surface area contributed by atoms with E-state index >= 15 is 0 Å². The summed E-state index contributed by atoms with van der Waals surface area (Å²) in [5.41, 5.74) is 2.10. The smallest absolute Gasteiger partial charge is 0.114 e. The van der Waals surface area contributed by atoms with E-state index in [1.54, 1.807) is 6.07 Å². The van der Waals surface area contributed by atoms with Crippen molar-refractivity contribution >= 4 is 61.5 Å². The lowest BCUT2D eigenvalue weighted by Crippen LogP contribution is -2.01. The van der Waals surface area contributed by atoms with E-state index in [9.17, 15) is 5.11 Å². The fourth-order valence-electron chi connectivity index (χ4n) is 1.53. The summed E-state index contributed by atoms with van der Waals surface area (Å²) in [6.07, 6.45) is -0.615. The number of aliphatic hydroxyl groups excluding tert-OH is 1. The monoisotopic (exact) mass is 442 g/mol. The molecule has 0 spiro atoms. The molecular formula is C12H9BrClIOS. The molecule has 0 amide bonds. The number of rotatable bonds is 2. The first-order valence-electron chi connectivity index (χ1n) is 4.88. The largest absolute Gasteiger partial charge is 0.383 e. The van der Waals surface area contributed by atoms with Crippen LogP contribution in [0.25, 0.3) is 0 Å². The molecule has 2 rings (SSSR count). The third kappa shape index (κ3) is 2.87. The Bertz CT molecular complexity index is 536. The van der Waals surface area contributed by atoms with Crippen LogP contribution in [0.4, 0.5) is 0 Å². The predicted molar refractivity (Wildman–Crippen MR) is 85.0 cm³/mol. The Morgan fingerprint density at radius 3 is 2.76 bits per heavy atom. The first-order valence-corrected chi connectivity index (χ1v) is 7.95. The van der Waals surface area contributed by atoms with Crippen molar-refractivity contribution in [1.29, 1.82) is 0 Å². The van der Waals surface area contributed by atoms with Gasteiger partial charge in [0.2, 0.25) is 0 Å². The molecule has 2 aromatic rings. The van der Waals surface area contributed by atoms with E-state index in [2.05, 4.69) is 38.5 Å². The van der Waals surface area contributed by atoms with E-state index < -0.39 is 6.10 Å². The molecule has 0 aliphatic rings. The number of thiophene rings is 1. The van der Waals surface area contributed by atoms with E-state index in [4.69, 9.17) is 11.6 Å². The molecule has 1 N–H and O–H groups in total. The summed E-state index contributed by atoms with van der Waals surface area (Å²) >= 11 is 13.1. The van der Waals surface area contributed by atoms with Crippen LogP contribution in [-0.4, -0.2) is 5.11 Å². The molecule has 1 heterocycles. The zero-order valence-corrected chi connectivity index (χ0v) is 14.2. The second-order valence-electron chi connectivity index (χ2n) is 3.65. The Morgan fingerprint density at radius 1 is 1.47 bits per heavy atom. The summed E-state index contributed by atoms with van der Waals surface area (Å²) in [5, 5.41) is 11.0. The van der Waals surface area contributed by atoms with Gasteiger partial charge in [0.1, 0.15) is 6.10 Å². The minimum absolute atomic E-state index is 0.615. The third-order valence-electron chi connectivity index (χ3n) is 2.45. The number of halogens is 3. The Kier molecular flexibility index (Phi) is 4.52. The van der Waals surface area contributed by atoms with Gasteiger partial charge in [0.15, 0.2) is 0 Å². The Hall–Kier alpha value is 0.380.